The standard InChI is InChI=1S/C93H127N17O28/c1-58(2)68-48-70(77(116)50-75(68)114)87-97-99-92(135)109(87)64-14-8-60(9-15-64)52-101-33-39-107(40-34-101)80(119)21-12-62(89(131)95-25-24-81(120)108-41-35-102(36-42-108)53-61-10-16-65(17-11-61)110-88(98-100-93(110)136)71-49-69(59(3)4)76(115)51-78(71)117)46-66(111)6-5-7-74(113)72(18-23-83(123)124)96-90(132)63(13-22-82(121)122)47-67(112)57-138-45-44-137-43-26-94-79(118)20-19-73(91(133)134)106-37-31-104(55-85(127)128)29-27-103(54-84(125)126)28-30-105(32-38-106)56-86(129)130/h8-11,14-17,48-51,58-59,62-63,72-73,114-117H,5-7,12-13,18-47,52-57H2,1-4H3,(H,94,118)(H,95,131)(H,96,132)(H,99,135)(H,100,136)(H,121,122)(H,123,124)(H,125,126)(H,127,128)(H,129,130)(H,133,134)/t62-,63-,72+,73+/m0/s1. The van der Waals surface area contributed by atoms with Crippen LogP contribution in [0, 0.1) is 11.8 Å². The lowest BCUT2D eigenvalue weighted by Crippen LogP contribution is -2.52. The third-order valence-electron chi connectivity index (χ3n) is 24.5. The Balaban J connectivity index is 0.747. The number of benzene rings is 4. The van der Waals surface area contributed by atoms with Crippen LogP contribution in [0.5, 0.6) is 35.0 Å². The summed E-state index contributed by atoms with van der Waals surface area (Å²) >= 11 is 0. The van der Waals surface area contributed by atoms with Crippen LogP contribution < -0.4 is 16.0 Å². The van der Waals surface area contributed by atoms with Crippen LogP contribution in [0.4, 0.5) is 0 Å². The molecule has 0 radical (unpaired) electrons. The number of ether oxygens (including phenoxy) is 2. The molecule has 4 atom stereocenters. The number of aromatic hydroxyl groups is 6. The molecule has 0 aliphatic carbocycles. The lowest BCUT2D eigenvalue weighted by Gasteiger charge is -2.35. The van der Waals surface area contributed by atoms with Gasteiger partial charge in [-0.05, 0) is 103 Å². The van der Waals surface area contributed by atoms with Crippen LogP contribution in [0.1, 0.15) is 152 Å². The molecular weight excluding hydrogens is 1800 g/mol. The average Bonchev–Trinajstić information content (AvgIpc) is 1.63. The topological polar surface area (TPSA) is 624 Å². The van der Waals surface area contributed by atoms with Gasteiger partial charge in [-0.2, -0.15) is 0 Å². The number of piperazine rings is 2. The van der Waals surface area contributed by atoms with Crippen LogP contribution in [0.3, 0.4) is 0 Å². The lowest BCUT2D eigenvalue weighted by molar-refractivity contribution is -0.145. The van der Waals surface area contributed by atoms with Crippen LogP contribution in [0.25, 0.3) is 34.2 Å². The molecule has 3 aliphatic rings. The molecule has 0 spiro atoms. The Bertz CT molecular complexity index is 5160. The molecule has 4 aromatic carbocycles. The predicted octanol–water partition coefficient (Wildman–Crippen LogP) is 2.90. The molecule has 45 heteroatoms. The number of Topliss-reactive ketones (excluding diaryl/α,β-unsaturated/α-hetero) is 3. The molecule has 45 nitrogen and oxygen atoms in total. The van der Waals surface area contributed by atoms with Crippen molar-refractivity contribution in [3.8, 4) is 69.2 Å². The molecule has 5 amide bonds. The van der Waals surface area contributed by atoms with Gasteiger partial charge >= 0.3 is 47.8 Å². The highest BCUT2D eigenvalue weighted by Gasteiger charge is 2.35. The number of carboxylic acid groups (broad SMARTS) is 6. The SMILES string of the molecule is CC(C)c1cc(-c2nnc(O)n2-c2ccc(CN3CCN(C(=O)CCNC(=O)[C@@H](CCC(=O)N4CCN(Cc5ccc(-n6c(O)nnc6-c6cc(C(C)C)c(O)cc6O)cc5)CC4)CC(=O)CCCC(=O)[C@@H](CCC(=O)O)NC(=O)[C@@H](CCC(=O)O)CC(=O)COCCOCCNC(=O)CC[C@H](C(=O)O)N4CCN(CC(=O)O)CCN(CC(=O)O)CCN(CC(=O)O)CC4)CC3)cc2)c(O)cc1O. The van der Waals surface area contributed by atoms with Crippen LogP contribution in [0.15, 0.2) is 72.8 Å². The van der Waals surface area contributed by atoms with Gasteiger partial charge < -0.3 is 96.5 Å². The fourth-order valence-electron chi connectivity index (χ4n) is 16.8. The number of phenols is 4. The Hall–Kier alpha value is -13.2. The minimum absolute atomic E-state index is 0.00986. The highest BCUT2D eigenvalue weighted by Crippen LogP contribution is 2.41. The summed E-state index contributed by atoms with van der Waals surface area (Å²) in [7, 11) is 0. The van der Waals surface area contributed by atoms with Gasteiger partial charge in [0.1, 0.15) is 41.4 Å². The predicted molar refractivity (Wildman–Crippen MR) is 492 cm³/mol. The zero-order valence-corrected chi connectivity index (χ0v) is 78.0. The first kappa shape index (κ1) is 108. The number of hydrogen-bond donors (Lipinski definition) is 15. The number of nitrogens with zero attached hydrogens (tertiary/aromatic N) is 14. The van der Waals surface area contributed by atoms with E-state index in [1.807, 2.05) is 52.0 Å². The lowest BCUT2D eigenvalue weighted by atomic mass is 9.92. The van der Waals surface area contributed by atoms with Gasteiger partial charge in [0.15, 0.2) is 23.2 Å². The van der Waals surface area contributed by atoms with Crippen molar-refractivity contribution < 1.29 is 138 Å². The summed E-state index contributed by atoms with van der Waals surface area (Å²) in [6, 6.07) is 16.6. The zero-order chi connectivity index (χ0) is 100. The van der Waals surface area contributed by atoms with Gasteiger partial charge in [0.05, 0.1) is 68.0 Å². The van der Waals surface area contributed by atoms with E-state index in [0.717, 1.165) is 11.1 Å². The summed E-state index contributed by atoms with van der Waals surface area (Å²) in [5, 5.41) is 146. The number of carboxylic acids is 6. The largest absolute Gasteiger partial charge is 0.508 e. The Morgan fingerprint density at radius 1 is 0.399 bits per heavy atom. The first-order chi connectivity index (χ1) is 65.8. The molecular formula is C93H127N17O28. The van der Waals surface area contributed by atoms with Crippen molar-refractivity contribution in [2.75, 3.05) is 164 Å². The minimum Gasteiger partial charge on any atom is -0.508 e. The van der Waals surface area contributed by atoms with Gasteiger partial charge in [0.2, 0.25) is 29.5 Å². The van der Waals surface area contributed by atoms with Crippen LogP contribution >= 0.6 is 0 Å². The van der Waals surface area contributed by atoms with Crippen molar-refractivity contribution >= 4 is 82.7 Å². The first-order valence-electron chi connectivity index (χ1n) is 46.2. The summed E-state index contributed by atoms with van der Waals surface area (Å²) < 4.78 is 13.8. The van der Waals surface area contributed by atoms with E-state index in [1.165, 1.54) is 36.0 Å². The van der Waals surface area contributed by atoms with Crippen molar-refractivity contribution in [3.63, 3.8) is 0 Å². The van der Waals surface area contributed by atoms with Crippen LogP contribution in [-0.2, 0) is 89.7 Å². The van der Waals surface area contributed by atoms with Crippen molar-refractivity contribution in [1.82, 2.24) is 84.7 Å². The number of hydrogen-bond acceptors (Lipinski definition) is 32. The summed E-state index contributed by atoms with van der Waals surface area (Å²) in [6.45, 7) is 10.2. The summed E-state index contributed by atoms with van der Waals surface area (Å²) in [6.07, 6.45) is -4.52. The van der Waals surface area contributed by atoms with E-state index in [1.54, 1.807) is 51.1 Å². The van der Waals surface area contributed by atoms with E-state index in [2.05, 4.69) is 46.1 Å². The van der Waals surface area contributed by atoms with E-state index in [4.69, 9.17) is 9.47 Å². The molecule has 5 heterocycles. The van der Waals surface area contributed by atoms with Crippen molar-refractivity contribution in [3.05, 3.63) is 95.1 Å². The Labute approximate surface area is 796 Å². The van der Waals surface area contributed by atoms with Gasteiger partial charge in [-0.1, -0.05) is 62.2 Å². The van der Waals surface area contributed by atoms with Gasteiger partial charge in [-0.25, -0.2) is 9.13 Å². The molecule has 138 heavy (non-hydrogen) atoms. The summed E-state index contributed by atoms with van der Waals surface area (Å²) in [4.78, 5) is 196. The first-order valence-corrected chi connectivity index (χ1v) is 46.2. The molecule has 0 saturated carbocycles. The van der Waals surface area contributed by atoms with Gasteiger partial charge in [-0.15, -0.1) is 10.2 Å². The molecule has 15 N–H and O–H groups in total. The number of amides is 5. The fraction of sp³-hybridized carbons (Fsp3) is 0.548. The van der Waals surface area contributed by atoms with Gasteiger partial charge in [-0.3, -0.25) is 96.5 Å². The van der Waals surface area contributed by atoms with Crippen molar-refractivity contribution in [1.29, 1.82) is 0 Å². The Morgan fingerprint density at radius 3 is 1.28 bits per heavy atom. The molecule has 752 valence electrons. The highest BCUT2D eigenvalue weighted by atomic mass is 16.5. The van der Waals surface area contributed by atoms with E-state index >= 15 is 0 Å². The minimum atomic E-state index is -1.47. The number of carbonyl (C=O) groups excluding carboxylic acids is 8. The molecule has 3 aliphatic heterocycles. The van der Waals surface area contributed by atoms with E-state index < -0.39 is 152 Å². The highest BCUT2D eigenvalue weighted by molar-refractivity contribution is 5.93. The van der Waals surface area contributed by atoms with Crippen LogP contribution in [-0.4, -0.2) is 389 Å². The van der Waals surface area contributed by atoms with Crippen molar-refractivity contribution in [2.24, 2.45) is 11.8 Å². The number of rotatable bonds is 53. The number of aromatic nitrogens is 6. The monoisotopic (exact) mass is 1930 g/mol. The number of nitrogens with one attached hydrogen (secondary N) is 3. The summed E-state index contributed by atoms with van der Waals surface area (Å²) in [5.74, 6) is -14.8. The molecule has 3 saturated heterocycles. The van der Waals surface area contributed by atoms with Gasteiger partial charge in [0.25, 0.3) is 0 Å². The zero-order valence-electron chi connectivity index (χ0n) is 78.0. The van der Waals surface area contributed by atoms with Crippen LogP contribution in [0.2, 0.25) is 0 Å². The number of aliphatic carboxylic acids is 6. The number of ketones is 3. The molecule has 3 fully saturated rings. The quantitative estimate of drug-likeness (QED) is 0.0244. The molecule has 0 unspecified atom stereocenters. The molecule has 2 aromatic heterocycles. The maximum absolute atomic E-state index is 14.3. The maximum atomic E-state index is 14.3. The smallest absolute Gasteiger partial charge is 0.320 e. The third kappa shape index (κ3) is 33.9. The number of phenolic OH excluding ortho intramolecular Hbond substituents is 4. The van der Waals surface area contributed by atoms with E-state index in [-0.39, 0.29) is 225 Å². The Morgan fingerprint density at radius 2 is 0.826 bits per heavy atom. The second-order valence-corrected chi connectivity index (χ2v) is 35.3. The molecule has 0 bridgehead atoms. The molecule has 6 aromatic rings. The average molecular weight is 1930 g/mol. The number of carbonyl (C=O) groups is 14. The maximum Gasteiger partial charge on any atom is 0.320 e. The Kier molecular flexibility index (Phi) is 42.1. The van der Waals surface area contributed by atoms with E-state index in [9.17, 15) is 128 Å². The van der Waals surface area contributed by atoms with Crippen molar-refractivity contribution in [2.45, 2.75) is 155 Å². The van der Waals surface area contributed by atoms with E-state index in [0.29, 0.717) is 87.9 Å². The second-order valence-electron chi connectivity index (χ2n) is 35.3. The molecule has 9 rings (SSSR count). The second kappa shape index (κ2) is 53.5. The fourth-order valence-corrected chi connectivity index (χ4v) is 16.8. The third-order valence-corrected chi connectivity index (χ3v) is 24.5. The van der Waals surface area contributed by atoms with Gasteiger partial charge in [0, 0.05) is 213 Å². The summed E-state index contributed by atoms with van der Waals surface area (Å²) in [5.41, 5.74) is 4.43. The normalized spacial score (nSPS) is 15.7.